The van der Waals surface area contributed by atoms with Gasteiger partial charge in [-0.2, -0.15) is 4.98 Å². The summed E-state index contributed by atoms with van der Waals surface area (Å²) in [7, 11) is 0. The molecule has 0 fully saturated rings. The van der Waals surface area contributed by atoms with Gasteiger partial charge in [0.05, 0.1) is 4.88 Å². The van der Waals surface area contributed by atoms with Crippen LogP contribution in [0.3, 0.4) is 0 Å². The van der Waals surface area contributed by atoms with Crippen LogP contribution in [0, 0.1) is 5.41 Å². The number of nitrogens with zero attached hydrogens (tertiary/aromatic N) is 3. The summed E-state index contributed by atoms with van der Waals surface area (Å²) in [5, 5.41) is 10.3. The molecule has 0 bridgehead atoms. The smallest absolute Gasteiger partial charge is 0.226 e. The lowest BCUT2D eigenvalue weighted by molar-refractivity contribution is -0.118. The molecule has 1 atom stereocenters. The van der Waals surface area contributed by atoms with E-state index >= 15 is 0 Å². The monoisotopic (exact) mass is 404 g/mol. The summed E-state index contributed by atoms with van der Waals surface area (Å²) in [5.41, 5.74) is 4.13. The van der Waals surface area contributed by atoms with Gasteiger partial charge in [-0.15, -0.1) is 16.4 Å². The third kappa shape index (κ3) is 3.12. The Balaban J connectivity index is 1.67. The van der Waals surface area contributed by atoms with Crippen molar-refractivity contribution in [1.82, 2.24) is 14.8 Å². The molecule has 148 valence electrons. The van der Waals surface area contributed by atoms with Gasteiger partial charge in [0.15, 0.2) is 11.6 Å². The molecule has 1 aliphatic heterocycles. The predicted molar refractivity (Wildman–Crippen MR) is 116 cm³/mol. The molecule has 1 aliphatic carbocycles. The van der Waals surface area contributed by atoms with E-state index in [9.17, 15) is 4.79 Å². The molecule has 5 rings (SSSR count). The number of hydrogen-bond acceptors (Lipinski definition) is 5. The first-order valence-corrected chi connectivity index (χ1v) is 11.0. The molecule has 1 unspecified atom stereocenters. The van der Waals surface area contributed by atoms with Gasteiger partial charge in [-0.3, -0.25) is 4.79 Å². The number of carbonyl (C=O) groups excluding carboxylic acids is 1. The van der Waals surface area contributed by atoms with Gasteiger partial charge in [0, 0.05) is 17.7 Å². The summed E-state index contributed by atoms with van der Waals surface area (Å²) in [5.74, 6) is 1.61. The van der Waals surface area contributed by atoms with Crippen molar-refractivity contribution >= 4 is 23.1 Å². The highest BCUT2D eigenvalue weighted by Crippen LogP contribution is 2.45. The van der Waals surface area contributed by atoms with Crippen molar-refractivity contribution in [3.63, 3.8) is 0 Å². The zero-order valence-electron chi connectivity index (χ0n) is 16.9. The van der Waals surface area contributed by atoms with Gasteiger partial charge in [0.1, 0.15) is 6.04 Å². The fourth-order valence-corrected chi connectivity index (χ4v) is 5.02. The SMILES string of the molecule is CCc1ccc(C2C3=C(CC(C)(C)CC3=O)Nc3nc(-c4cccs4)nn32)cc1. The average molecular weight is 405 g/mol. The van der Waals surface area contributed by atoms with E-state index in [0.29, 0.717) is 18.2 Å². The van der Waals surface area contributed by atoms with Crippen molar-refractivity contribution in [2.45, 2.75) is 46.1 Å². The van der Waals surface area contributed by atoms with Crippen molar-refractivity contribution in [3.8, 4) is 10.7 Å². The minimum absolute atomic E-state index is 0.0572. The molecule has 0 radical (unpaired) electrons. The highest BCUT2D eigenvalue weighted by Gasteiger charge is 2.41. The number of Topliss-reactive ketones (excluding diaryl/α,β-unsaturated/α-hetero) is 1. The number of benzene rings is 1. The Morgan fingerprint density at radius 2 is 2.00 bits per heavy atom. The minimum Gasteiger partial charge on any atom is -0.328 e. The maximum Gasteiger partial charge on any atom is 0.226 e. The fourth-order valence-electron chi connectivity index (χ4n) is 4.36. The highest BCUT2D eigenvalue weighted by molar-refractivity contribution is 7.13. The van der Waals surface area contributed by atoms with Crippen LogP contribution in [0.15, 0.2) is 53.0 Å². The number of allylic oxidation sites excluding steroid dienone is 2. The summed E-state index contributed by atoms with van der Waals surface area (Å²) >= 11 is 1.62. The summed E-state index contributed by atoms with van der Waals surface area (Å²) in [6.45, 7) is 6.45. The highest BCUT2D eigenvalue weighted by atomic mass is 32.1. The number of aryl methyl sites for hydroxylation is 1. The van der Waals surface area contributed by atoms with E-state index in [0.717, 1.165) is 34.6 Å². The first-order valence-electron chi connectivity index (χ1n) is 10.1. The number of nitrogens with one attached hydrogen (secondary N) is 1. The van der Waals surface area contributed by atoms with Crippen LogP contribution in [0.1, 0.15) is 50.8 Å². The van der Waals surface area contributed by atoms with Crippen LogP contribution in [0.2, 0.25) is 0 Å². The van der Waals surface area contributed by atoms with Crippen LogP contribution in [0.5, 0.6) is 0 Å². The van der Waals surface area contributed by atoms with Crippen molar-refractivity contribution < 1.29 is 4.79 Å². The Bertz CT molecular complexity index is 1110. The summed E-state index contributed by atoms with van der Waals surface area (Å²) in [6, 6.07) is 12.3. The third-order valence-electron chi connectivity index (χ3n) is 5.78. The van der Waals surface area contributed by atoms with Crippen molar-refractivity contribution in [3.05, 3.63) is 64.2 Å². The van der Waals surface area contributed by atoms with Crippen molar-refractivity contribution in [2.24, 2.45) is 5.41 Å². The van der Waals surface area contributed by atoms with E-state index in [1.165, 1.54) is 5.56 Å². The van der Waals surface area contributed by atoms with Crippen LogP contribution in [-0.2, 0) is 11.2 Å². The lowest BCUT2D eigenvalue weighted by Crippen LogP contribution is -2.36. The van der Waals surface area contributed by atoms with Crippen LogP contribution in [0.25, 0.3) is 10.7 Å². The first-order chi connectivity index (χ1) is 13.9. The molecule has 0 amide bonds. The molecule has 1 aromatic carbocycles. The van der Waals surface area contributed by atoms with E-state index in [2.05, 4.69) is 50.4 Å². The Morgan fingerprint density at radius 3 is 2.69 bits per heavy atom. The zero-order valence-corrected chi connectivity index (χ0v) is 17.7. The van der Waals surface area contributed by atoms with E-state index in [-0.39, 0.29) is 17.2 Å². The van der Waals surface area contributed by atoms with Gasteiger partial charge < -0.3 is 5.32 Å². The normalized spacial score (nSPS) is 20.2. The summed E-state index contributed by atoms with van der Waals surface area (Å²) in [4.78, 5) is 19.0. The second kappa shape index (κ2) is 6.66. The van der Waals surface area contributed by atoms with E-state index in [1.54, 1.807) is 11.3 Å². The van der Waals surface area contributed by atoms with Crippen molar-refractivity contribution in [1.29, 1.82) is 0 Å². The standard InChI is InChI=1S/C23H24N4OS/c1-4-14-7-9-15(10-8-14)20-19-16(12-23(2,3)13-17(19)28)24-22-25-21(26-27(20)22)18-6-5-11-29-18/h5-11,20H,4,12-13H2,1-3H3,(H,24,25,26). The number of anilines is 1. The molecule has 1 N–H and O–H groups in total. The molecule has 29 heavy (non-hydrogen) atoms. The Morgan fingerprint density at radius 1 is 1.21 bits per heavy atom. The predicted octanol–water partition coefficient (Wildman–Crippen LogP) is 5.23. The molecule has 3 heterocycles. The first kappa shape index (κ1) is 18.3. The van der Waals surface area contributed by atoms with E-state index < -0.39 is 0 Å². The maximum absolute atomic E-state index is 13.2. The molecule has 2 aliphatic rings. The van der Waals surface area contributed by atoms with Crippen LogP contribution >= 0.6 is 11.3 Å². The Hall–Kier alpha value is -2.73. The Kier molecular flexibility index (Phi) is 4.21. The quantitative estimate of drug-likeness (QED) is 0.650. The maximum atomic E-state index is 13.2. The second-order valence-electron chi connectivity index (χ2n) is 8.64. The number of thiophene rings is 1. The number of rotatable bonds is 3. The van der Waals surface area contributed by atoms with E-state index in [1.807, 2.05) is 22.2 Å². The van der Waals surface area contributed by atoms with Crippen LogP contribution in [0.4, 0.5) is 5.95 Å². The third-order valence-corrected chi connectivity index (χ3v) is 6.64. The number of aromatic nitrogens is 3. The van der Waals surface area contributed by atoms with Crippen LogP contribution in [-0.4, -0.2) is 20.5 Å². The van der Waals surface area contributed by atoms with Gasteiger partial charge >= 0.3 is 0 Å². The molecule has 0 spiro atoms. The second-order valence-corrected chi connectivity index (χ2v) is 9.58. The molecule has 3 aromatic rings. The Labute approximate surface area is 174 Å². The summed E-state index contributed by atoms with van der Waals surface area (Å²) in [6.07, 6.45) is 2.38. The number of ketones is 1. The van der Waals surface area contributed by atoms with E-state index in [4.69, 9.17) is 10.1 Å². The lowest BCUT2D eigenvalue weighted by Gasteiger charge is -2.38. The molecule has 6 heteroatoms. The molecule has 2 aromatic heterocycles. The topological polar surface area (TPSA) is 59.8 Å². The minimum atomic E-state index is -0.239. The van der Waals surface area contributed by atoms with Gasteiger partial charge in [0.25, 0.3) is 0 Å². The van der Waals surface area contributed by atoms with Crippen LogP contribution < -0.4 is 5.32 Å². The largest absolute Gasteiger partial charge is 0.328 e. The van der Waals surface area contributed by atoms with Crippen molar-refractivity contribution in [2.75, 3.05) is 5.32 Å². The fraction of sp³-hybridized carbons (Fsp3) is 0.348. The molecule has 0 saturated carbocycles. The molecule has 0 saturated heterocycles. The average Bonchev–Trinajstić information content (AvgIpc) is 3.35. The van der Waals surface area contributed by atoms with Gasteiger partial charge in [-0.25, -0.2) is 4.68 Å². The number of fused-ring (bicyclic) bond motifs is 1. The molecular formula is C23H24N4OS. The molecule has 5 nitrogen and oxygen atoms in total. The van der Waals surface area contributed by atoms with Gasteiger partial charge in [-0.05, 0) is 40.8 Å². The van der Waals surface area contributed by atoms with Gasteiger partial charge in [-0.1, -0.05) is 51.1 Å². The zero-order chi connectivity index (χ0) is 20.2. The summed E-state index contributed by atoms with van der Waals surface area (Å²) < 4.78 is 1.89. The lowest BCUT2D eigenvalue weighted by atomic mass is 9.73. The number of hydrogen-bond donors (Lipinski definition) is 1. The molecular weight excluding hydrogens is 380 g/mol. The number of carbonyl (C=O) groups is 1. The van der Waals surface area contributed by atoms with Gasteiger partial charge in [0.2, 0.25) is 5.95 Å².